The highest BCUT2D eigenvalue weighted by molar-refractivity contribution is 5.11. The lowest BCUT2D eigenvalue weighted by molar-refractivity contribution is -0.718. The lowest BCUT2D eigenvalue weighted by Gasteiger charge is -1.88. The van der Waals surface area contributed by atoms with E-state index < -0.39 is 0 Å². The molecular weight excluding hydrogens is 118 g/mol. The Hall–Kier alpha value is -1.13. The highest BCUT2D eigenvalue weighted by atomic mass is 15.6. The highest BCUT2D eigenvalue weighted by Crippen LogP contribution is 1.87. The molecule has 9 heavy (non-hydrogen) atoms. The average Bonchev–Trinajstić information content (AvgIpc) is 2.12. The number of rotatable bonds is 1. The molecule has 1 rings (SSSR count). The van der Waals surface area contributed by atoms with Crippen LogP contribution in [0.3, 0.4) is 0 Å². The minimum atomic E-state index is 0.884. The number of hydrogen-bond donors (Lipinski definition) is 1. The number of anilines is 1. The molecule has 0 unspecified atom stereocenters. The Balaban J connectivity index is 3.07. The normalized spacial score (nSPS) is 9.67. The predicted molar refractivity (Wildman–Crippen MR) is 31.7 cm³/mol. The summed E-state index contributed by atoms with van der Waals surface area (Å²) in [5.41, 5.74) is 0. The van der Waals surface area contributed by atoms with Gasteiger partial charge in [0.05, 0.1) is 19.3 Å². The van der Waals surface area contributed by atoms with Gasteiger partial charge in [-0.2, -0.15) is 0 Å². The van der Waals surface area contributed by atoms with Crippen LogP contribution >= 0.6 is 0 Å². The topological polar surface area (TPSA) is 46.6 Å². The lowest BCUT2D eigenvalue weighted by atomic mass is 10.9. The number of nitrogens with one attached hydrogen (secondary N) is 1. The zero-order chi connectivity index (χ0) is 6.85. The van der Waals surface area contributed by atoms with Gasteiger partial charge in [-0.15, -0.1) is 4.68 Å². The van der Waals surface area contributed by atoms with E-state index in [-0.39, 0.29) is 0 Å². The Morgan fingerprint density at radius 2 is 2.33 bits per heavy atom. The second-order valence-corrected chi connectivity index (χ2v) is 1.80. The molecule has 0 fully saturated rings. The van der Waals surface area contributed by atoms with Crippen molar-refractivity contribution in [2.75, 3.05) is 12.4 Å². The van der Waals surface area contributed by atoms with Gasteiger partial charge < -0.3 is 0 Å². The monoisotopic (exact) mass is 128 g/mol. The lowest BCUT2D eigenvalue weighted by Crippen LogP contribution is -2.33. The molecular formula is C4H10N5+. The first-order chi connectivity index (χ1) is 4.25. The summed E-state index contributed by atoms with van der Waals surface area (Å²) in [5.74, 6) is 0.884. The summed E-state index contributed by atoms with van der Waals surface area (Å²) in [4.78, 5) is 0. The quantitative estimate of drug-likeness (QED) is 0.477. The van der Waals surface area contributed by atoms with E-state index >= 15 is 0 Å². The van der Waals surface area contributed by atoms with Crippen LogP contribution in [0.1, 0.15) is 0 Å². The first-order valence-electron chi connectivity index (χ1n) is 2.69. The maximum absolute atomic E-state index is 3.75. The SMILES string of the molecule is CNc1n(C)nn[n+]1C. The van der Waals surface area contributed by atoms with Crippen LogP contribution in [0.15, 0.2) is 0 Å². The highest BCUT2D eigenvalue weighted by Gasteiger charge is 2.08. The molecule has 1 heterocycles. The molecule has 0 bridgehead atoms. The van der Waals surface area contributed by atoms with Gasteiger partial charge in [-0.05, 0) is 0 Å². The van der Waals surface area contributed by atoms with E-state index in [0.29, 0.717) is 0 Å². The van der Waals surface area contributed by atoms with Crippen LogP contribution < -0.4 is 10.00 Å². The van der Waals surface area contributed by atoms with E-state index in [4.69, 9.17) is 0 Å². The van der Waals surface area contributed by atoms with Crippen molar-refractivity contribution in [2.45, 2.75) is 0 Å². The van der Waals surface area contributed by atoms with Crippen LogP contribution in [0.5, 0.6) is 0 Å². The average molecular weight is 128 g/mol. The van der Waals surface area contributed by atoms with E-state index in [9.17, 15) is 0 Å². The third kappa shape index (κ3) is 0.847. The van der Waals surface area contributed by atoms with Crippen LogP contribution in [-0.2, 0) is 14.1 Å². The van der Waals surface area contributed by atoms with Gasteiger partial charge in [-0.3, -0.25) is 5.32 Å². The molecule has 0 radical (unpaired) electrons. The van der Waals surface area contributed by atoms with Crippen molar-refractivity contribution >= 4 is 5.95 Å². The fraction of sp³-hybridized carbons (Fsp3) is 0.750. The Kier molecular flexibility index (Phi) is 1.33. The van der Waals surface area contributed by atoms with Crippen molar-refractivity contribution < 1.29 is 4.68 Å². The van der Waals surface area contributed by atoms with Gasteiger partial charge in [0.25, 0.3) is 0 Å². The number of tetrazole rings is 1. The minimum Gasteiger partial charge on any atom is -0.296 e. The van der Waals surface area contributed by atoms with Crippen molar-refractivity contribution in [2.24, 2.45) is 14.1 Å². The summed E-state index contributed by atoms with van der Waals surface area (Å²) in [7, 11) is 5.50. The number of aromatic nitrogens is 4. The second-order valence-electron chi connectivity index (χ2n) is 1.80. The zero-order valence-corrected chi connectivity index (χ0v) is 5.79. The first kappa shape index (κ1) is 6.00. The van der Waals surface area contributed by atoms with Gasteiger partial charge >= 0.3 is 5.95 Å². The molecule has 0 saturated heterocycles. The third-order valence-corrected chi connectivity index (χ3v) is 1.14. The Morgan fingerprint density at radius 1 is 1.67 bits per heavy atom. The Bertz CT molecular complexity index is 183. The van der Waals surface area contributed by atoms with Gasteiger partial charge in [0.2, 0.25) is 0 Å². The largest absolute Gasteiger partial charge is 0.364 e. The van der Waals surface area contributed by atoms with E-state index in [1.807, 2.05) is 21.1 Å². The van der Waals surface area contributed by atoms with Crippen molar-refractivity contribution in [3.8, 4) is 0 Å². The molecule has 0 aliphatic carbocycles. The molecule has 50 valence electrons. The van der Waals surface area contributed by atoms with Crippen molar-refractivity contribution in [3.05, 3.63) is 0 Å². The molecule has 0 aliphatic rings. The maximum atomic E-state index is 3.75. The molecule has 5 heteroatoms. The van der Waals surface area contributed by atoms with E-state index in [2.05, 4.69) is 15.7 Å². The minimum absolute atomic E-state index is 0.884. The molecule has 0 aliphatic heterocycles. The molecule has 0 amide bonds. The van der Waals surface area contributed by atoms with Crippen molar-refractivity contribution in [1.82, 2.24) is 15.1 Å². The summed E-state index contributed by atoms with van der Waals surface area (Å²) in [6, 6.07) is 0. The van der Waals surface area contributed by atoms with Gasteiger partial charge in [0, 0.05) is 7.05 Å². The maximum Gasteiger partial charge on any atom is 0.364 e. The summed E-state index contributed by atoms with van der Waals surface area (Å²) >= 11 is 0. The fourth-order valence-electron chi connectivity index (χ4n) is 0.738. The summed E-state index contributed by atoms with van der Waals surface area (Å²) in [6.07, 6.45) is 0. The second kappa shape index (κ2) is 2.00. The Morgan fingerprint density at radius 3 is 2.56 bits per heavy atom. The summed E-state index contributed by atoms with van der Waals surface area (Å²) < 4.78 is 3.33. The summed E-state index contributed by atoms with van der Waals surface area (Å²) in [6.45, 7) is 0. The predicted octanol–water partition coefficient (Wildman–Crippen LogP) is -1.32. The van der Waals surface area contributed by atoms with Crippen molar-refractivity contribution in [1.29, 1.82) is 0 Å². The number of nitrogens with zero attached hydrogens (tertiary/aromatic N) is 4. The molecule has 0 aromatic carbocycles. The van der Waals surface area contributed by atoms with Crippen LogP contribution in [0.25, 0.3) is 0 Å². The smallest absolute Gasteiger partial charge is 0.296 e. The molecule has 1 N–H and O–H groups in total. The standard InChI is InChI=1S/C4H9N5/c1-5-4-8(2)6-7-9(4)3/h1-3H3/p+1. The molecule has 0 saturated carbocycles. The first-order valence-corrected chi connectivity index (χ1v) is 2.69. The van der Waals surface area contributed by atoms with Gasteiger partial charge in [0.1, 0.15) is 5.21 Å². The molecule has 1 aromatic heterocycles. The fourth-order valence-corrected chi connectivity index (χ4v) is 0.738. The van der Waals surface area contributed by atoms with Gasteiger partial charge in [0.15, 0.2) is 0 Å². The molecule has 5 nitrogen and oxygen atoms in total. The van der Waals surface area contributed by atoms with Crippen LogP contribution in [-0.4, -0.2) is 22.2 Å². The number of aryl methyl sites for hydroxylation is 2. The van der Waals surface area contributed by atoms with Crippen molar-refractivity contribution in [3.63, 3.8) is 0 Å². The Labute approximate surface area is 53.3 Å². The molecule has 1 aromatic rings. The van der Waals surface area contributed by atoms with Crippen LogP contribution in [0, 0.1) is 0 Å². The van der Waals surface area contributed by atoms with E-state index in [1.54, 1.807) is 9.36 Å². The third-order valence-electron chi connectivity index (χ3n) is 1.14. The van der Waals surface area contributed by atoms with E-state index in [0.717, 1.165) is 5.95 Å². The van der Waals surface area contributed by atoms with Gasteiger partial charge in [-0.1, -0.05) is 4.68 Å². The van der Waals surface area contributed by atoms with E-state index in [1.165, 1.54) is 0 Å². The van der Waals surface area contributed by atoms with Gasteiger partial charge in [-0.25, -0.2) is 0 Å². The molecule has 0 atom stereocenters. The molecule has 0 spiro atoms. The van der Waals surface area contributed by atoms with Crippen LogP contribution in [0.4, 0.5) is 5.95 Å². The number of hydrogen-bond acceptors (Lipinski definition) is 3. The summed E-state index contributed by atoms with van der Waals surface area (Å²) in [5, 5.41) is 10.5. The van der Waals surface area contributed by atoms with Crippen LogP contribution in [0.2, 0.25) is 0 Å². The zero-order valence-electron chi connectivity index (χ0n) is 5.79.